The molecular formula is C14H23N. The molecule has 0 aliphatic heterocycles. The first-order chi connectivity index (χ1) is 7.13. The first kappa shape index (κ1) is 12.2. The fourth-order valence-corrected chi connectivity index (χ4v) is 1.80. The molecule has 0 spiro atoms. The van der Waals surface area contributed by atoms with Gasteiger partial charge >= 0.3 is 0 Å². The second-order valence-electron chi connectivity index (χ2n) is 4.59. The van der Waals surface area contributed by atoms with Crippen LogP contribution < -0.4 is 0 Å². The molecule has 0 aromatic rings. The Balaban J connectivity index is 2.60. The van der Waals surface area contributed by atoms with Gasteiger partial charge in [-0.3, -0.25) is 4.99 Å². The highest BCUT2D eigenvalue weighted by molar-refractivity contribution is 5.82. The highest BCUT2D eigenvalue weighted by Gasteiger charge is 2.14. The molecule has 15 heavy (non-hydrogen) atoms. The van der Waals surface area contributed by atoms with Crippen molar-refractivity contribution in [1.82, 2.24) is 0 Å². The van der Waals surface area contributed by atoms with Gasteiger partial charge in [0.15, 0.2) is 0 Å². The Labute approximate surface area is 94.0 Å². The smallest absolute Gasteiger partial charge is 0.0744 e. The largest absolute Gasteiger partial charge is 0.286 e. The maximum absolute atomic E-state index is 4.79. The van der Waals surface area contributed by atoms with Crippen LogP contribution in [0, 0.1) is 5.92 Å². The van der Waals surface area contributed by atoms with E-state index in [9.17, 15) is 0 Å². The van der Waals surface area contributed by atoms with Gasteiger partial charge < -0.3 is 0 Å². The minimum atomic E-state index is 0.367. The van der Waals surface area contributed by atoms with Crippen molar-refractivity contribution < 1.29 is 0 Å². The summed E-state index contributed by atoms with van der Waals surface area (Å²) in [6.07, 6.45) is 10.4. The van der Waals surface area contributed by atoms with E-state index in [1.165, 1.54) is 24.1 Å². The van der Waals surface area contributed by atoms with Crippen molar-refractivity contribution in [1.29, 1.82) is 0 Å². The summed E-state index contributed by atoms with van der Waals surface area (Å²) in [5.41, 5.74) is 2.64. The monoisotopic (exact) mass is 205 g/mol. The van der Waals surface area contributed by atoms with Crippen LogP contribution in [0.5, 0.6) is 0 Å². The van der Waals surface area contributed by atoms with Crippen LogP contribution >= 0.6 is 0 Å². The number of aliphatic imine (C=N–C) groups is 1. The molecule has 2 unspecified atom stereocenters. The Morgan fingerprint density at radius 3 is 2.87 bits per heavy atom. The van der Waals surface area contributed by atoms with Crippen LogP contribution in [-0.2, 0) is 0 Å². The number of rotatable bonds is 4. The molecule has 84 valence electrons. The van der Waals surface area contributed by atoms with Gasteiger partial charge in [0, 0.05) is 11.6 Å². The summed E-state index contributed by atoms with van der Waals surface area (Å²) in [6.45, 7) is 8.76. The molecule has 0 bridgehead atoms. The SMILES string of the molecule is CCCCC(C)=NC1C=C(C)C=CC1C. The average molecular weight is 205 g/mol. The molecule has 0 radical (unpaired) electrons. The van der Waals surface area contributed by atoms with Crippen LogP contribution in [0.25, 0.3) is 0 Å². The third kappa shape index (κ3) is 4.03. The topological polar surface area (TPSA) is 12.4 Å². The number of hydrogen-bond donors (Lipinski definition) is 0. The lowest BCUT2D eigenvalue weighted by atomic mass is 9.94. The van der Waals surface area contributed by atoms with Crippen molar-refractivity contribution in [2.45, 2.75) is 53.0 Å². The van der Waals surface area contributed by atoms with E-state index in [2.05, 4.69) is 45.9 Å². The quantitative estimate of drug-likeness (QED) is 0.611. The molecular weight excluding hydrogens is 182 g/mol. The second kappa shape index (κ2) is 5.89. The van der Waals surface area contributed by atoms with E-state index in [0.29, 0.717) is 12.0 Å². The van der Waals surface area contributed by atoms with Crippen LogP contribution in [0.1, 0.15) is 47.0 Å². The zero-order valence-electron chi connectivity index (χ0n) is 10.5. The summed E-state index contributed by atoms with van der Waals surface area (Å²) in [5, 5.41) is 0. The molecule has 0 aromatic carbocycles. The van der Waals surface area contributed by atoms with E-state index in [1.54, 1.807) is 0 Å². The van der Waals surface area contributed by atoms with Gasteiger partial charge in [-0.2, -0.15) is 0 Å². The van der Waals surface area contributed by atoms with Gasteiger partial charge in [0.2, 0.25) is 0 Å². The zero-order chi connectivity index (χ0) is 11.3. The molecule has 0 aromatic heterocycles. The Morgan fingerprint density at radius 1 is 1.47 bits per heavy atom. The second-order valence-corrected chi connectivity index (χ2v) is 4.59. The maximum atomic E-state index is 4.79. The summed E-state index contributed by atoms with van der Waals surface area (Å²) < 4.78 is 0. The fraction of sp³-hybridized carbons (Fsp3) is 0.643. The Hall–Kier alpha value is -0.850. The molecule has 0 saturated heterocycles. The lowest BCUT2D eigenvalue weighted by molar-refractivity contribution is 0.620. The molecule has 1 aliphatic carbocycles. The minimum absolute atomic E-state index is 0.367. The molecule has 1 nitrogen and oxygen atoms in total. The molecule has 1 aliphatic rings. The molecule has 0 amide bonds. The van der Waals surface area contributed by atoms with Gasteiger partial charge in [0.05, 0.1) is 6.04 Å². The van der Waals surface area contributed by atoms with E-state index >= 15 is 0 Å². The van der Waals surface area contributed by atoms with E-state index in [-0.39, 0.29) is 0 Å². The minimum Gasteiger partial charge on any atom is -0.286 e. The lowest BCUT2D eigenvalue weighted by Gasteiger charge is -2.19. The number of allylic oxidation sites excluding steroid dienone is 2. The van der Waals surface area contributed by atoms with Gasteiger partial charge in [0.25, 0.3) is 0 Å². The van der Waals surface area contributed by atoms with E-state index in [4.69, 9.17) is 4.99 Å². The van der Waals surface area contributed by atoms with Crippen LogP contribution in [-0.4, -0.2) is 11.8 Å². The third-order valence-electron chi connectivity index (χ3n) is 2.90. The third-order valence-corrected chi connectivity index (χ3v) is 2.90. The van der Waals surface area contributed by atoms with Gasteiger partial charge in [-0.15, -0.1) is 0 Å². The predicted molar refractivity (Wildman–Crippen MR) is 68.5 cm³/mol. The first-order valence-corrected chi connectivity index (χ1v) is 6.03. The highest BCUT2D eigenvalue weighted by atomic mass is 14.8. The molecule has 0 saturated carbocycles. The van der Waals surface area contributed by atoms with E-state index < -0.39 is 0 Å². The molecule has 2 atom stereocenters. The average Bonchev–Trinajstić information content (AvgIpc) is 2.20. The van der Waals surface area contributed by atoms with Crippen molar-refractivity contribution >= 4 is 5.71 Å². The van der Waals surface area contributed by atoms with Crippen molar-refractivity contribution in [2.24, 2.45) is 10.9 Å². The first-order valence-electron chi connectivity index (χ1n) is 6.03. The van der Waals surface area contributed by atoms with E-state index in [0.717, 1.165) is 6.42 Å². The standard InChI is InChI=1S/C14H23N/c1-5-6-7-13(4)15-14-10-11(2)8-9-12(14)3/h8-10,12,14H,5-7H2,1-4H3. The van der Waals surface area contributed by atoms with Crippen LogP contribution in [0.2, 0.25) is 0 Å². The van der Waals surface area contributed by atoms with Crippen LogP contribution in [0.4, 0.5) is 0 Å². The van der Waals surface area contributed by atoms with Gasteiger partial charge in [0.1, 0.15) is 0 Å². The van der Waals surface area contributed by atoms with Crippen molar-refractivity contribution in [3.63, 3.8) is 0 Å². The maximum Gasteiger partial charge on any atom is 0.0744 e. The Bertz CT molecular complexity index is 284. The summed E-state index contributed by atoms with van der Waals surface area (Å²) in [5.74, 6) is 0.547. The summed E-state index contributed by atoms with van der Waals surface area (Å²) in [6, 6.07) is 0.367. The van der Waals surface area contributed by atoms with Crippen LogP contribution in [0.3, 0.4) is 0 Å². The lowest BCUT2D eigenvalue weighted by Crippen LogP contribution is -2.16. The van der Waals surface area contributed by atoms with Gasteiger partial charge in [-0.05, 0) is 26.7 Å². The molecule has 1 rings (SSSR count). The van der Waals surface area contributed by atoms with Gasteiger partial charge in [-0.25, -0.2) is 0 Å². The molecule has 0 N–H and O–H groups in total. The number of hydrogen-bond acceptors (Lipinski definition) is 1. The Kier molecular flexibility index (Phi) is 4.80. The predicted octanol–water partition coefficient (Wildman–Crippen LogP) is 4.16. The molecule has 0 fully saturated rings. The Morgan fingerprint density at radius 2 is 2.20 bits per heavy atom. The fourth-order valence-electron chi connectivity index (χ4n) is 1.80. The highest BCUT2D eigenvalue weighted by Crippen LogP contribution is 2.19. The number of unbranched alkanes of at least 4 members (excludes halogenated alkanes) is 1. The summed E-state index contributed by atoms with van der Waals surface area (Å²) >= 11 is 0. The normalized spacial score (nSPS) is 26.7. The van der Waals surface area contributed by atoms with Crippen molar-refractivity contribution in [3.8, 4) is 0 Å². The summed E-state index contributed by atoms with van der Waals surface area (Å²) in [4.78, 5) is 4.79. The van der Waals surface area contributed by atoms with E-state index in [1.807, 2.05) is 0 Å². The van der Waals surface area contributed by atoms with Gasteiger partial charge in [-0.1, -0.05) is 44.1 Å². The van der Waals surface area contributed by atoms with Crippen molar-refractivity contribution in [3.05, 3.63) is 23.8 Å². The molecule has 1 heteroatoms. The zero-order valence-corrected chi connectivity index (χ0v) is 10.5. The summed E-state index contributed by atoms with van der Waals surface area (Å²) in [7, 11) is 0. The van der Waals surface area contributed by atoms with Crippen molar-refractivity contribution in [2.75, 3.05) is 0 Å². The molecule has 0 heterocycles. The van der Waals surface area contributed by atoms with Crippen LogP contribution in [0.15, 0.2) is 28.8 Å². The number of nitrogens with zero attached hydrogens (tertiary/aromatic N) is 1.